The third-order valence-electron chi connectivity index (χ3n) is 4.23. The number of hydrogen-bond acceptors (Lipinski definition) is 4. The Labute approximate surface area is 128 Å². The van der Waals surface area contributed by atoms with Gasteiger partial charge in [-0.1, -0.05) is 11.6 Å². The number of nitrogens with one attached hydrogen (secondary N) is 1. The molecular weight excluding hydrogens is 317 g/mol. The molecule has 2 aliphatic heterocycles. The highest BCUT2D eigenvalue weighted by Crippen LogP contribution is 2.30. The number of fused-ring (bicyclic) bond motifs is 1. The lowest BCUT2D eigenvalue weighted by Gasteiger charge is -2.21. The third kappa shape index (κ3) is 2.75. The second-order valence-corrected chi connectivity index (χ2v) is 7.69. The number of nitrogen functional groups attached to an aromatic ring is 1. The Bertz CT molecular complexity index is 668. The van der Waals surface area contributed by atoms with Gasteiger partial charge in [0.05, 0.1) is 5.69 Å². The predicted molar refractivity (Wildman–Crippen MR) is 79.1 cm³/mol. The topological polar surface area (TPSA) is 75.4 Å². The summed E-state index contributed by atoms with van der Waals surface area (Å²) < 4.78 is 41.5. The van der Waals surface area contributed by atoms with Crippen molar-refractivity contribution in [1.29, 1.82) is 0 Å². The minimum atomic E-state index is -3.97. The molecule has 5 nitrogen and oxygen atoms in total. The molecule has 2 unspecified atom stereocenters. The van der Waals surface area contributed by atoms with Gasteiger partial charge in [0.25, 0.3) is 0 Å². The molecule has 1 aromatic carbocycles. The monoisotopic (exact) mass is 333 g/mol. The fourth-order valence-corrected chi connectivity index (χ4v) is 4.99. The zero-order valence-electron chi connectivity index (χ0n) is 11.4. The molecule has 8 heteroatoms. The van der Waals surface area contributed by atoms with Crippen LogP contribution < -0.4 is 10.5 Å². The Morgan fingerprint density at radius 1 is 1.33 bits per heavy atom. The van der Waals surface area contributed by atoms with Crippen LogP contribution in [0.25, 0.3) is 0 Å². The van der Waals surface area contributed by atoms with E-state index in [2.05, 4.69) is 9.62 Å². The lowest BCUT2D eigenvalue weighted by Crippen LogP contribution is -2.42. The summed E-state index contributed by atoms with van der Waals surface area (Å²) in [6.45, 7) is 1.87. The highest BCUT2D eigenvalue weighted by atomic mass is 35.5. The first kappa shape index (κ1) is 15.0. The van der Waals surface area contributed by atoms with Crippen LogP contribution in [0.1, 0.15) is 19.3 Å². The van der Waals surface area contributed by atoms with Gasteiger partial charge >= 0.3 is 0 Å². The number of sulfonamides is 1. The van der Waals surface area contributed by atoms with Crippen LogP contribution in [0.15, 0.2) is 17.0 Å². The second-order valence-electron chi connectivity index (χ2n) is 5.57. The highest BCUT2D eigenvalue weighted by Gasteiger charge is 2.39. The van der Waals surface area contributed by atoms with Crippen LogP contribution >= 0.6 is 11.6 Å². The minimum Gasteiger partial charge on any atom is -0.396 e. The molecular formula is C13H17ClFN3O2S. The molecule has 3 rings (SSSR count). The predicted octanol–water partition coefficient (Wildman–Crippen LogP) is 1.58. The first-order chi connectivity index (χ1) is 9.88. The third-order valence-corrected chi connectivity index (χ3v) is 5.94. The molecule has 21 heavy (non-hydrogen) atoms. The van der Waals surface area contributed by atoms with Crippen LogP contribution in [0.2, 0.25) is 5.02 Å². The molecule has 2 saturated heterocycles. The molecule has 0 aromatic heterocycles. The van der Waals surface area contributed by atoms with Crippen molar-refractivity contribution in [1.82, 2.24) is 9.62 Å². The summed E-state index contributed by atoms with van der Waals surface area (Å²) >= 11 is 5.79. The number of halogens is 2. The molecule has 0 amide bonds. The van der Waals surface area contributed by atoms with Crippen molar-refractivity contribution in [3.8, 4) is 0 Å². The van der Waals surface area contributed by atoms with E-state index in [0.29, 0.717) is 0 Å². The van der Waals surface area contributed by atoms with Gasteiger partial charge in [0, 0.05) is 23.7 Å². The average Bonchev–Trinajstić information content (AvgIpc) is 2.98. The molecule has 2 fully saturated rings. The van der Waals surface area contributed by atoms with Crippen molar-refractivity contribution in [2.75, 3.05) is 18.8 Å². The fraction of sp³-hybridized carbons (Fsp3) is 0.538. The van der Waals surface area contributed by atoms with Gasteiger partial charge in [-0.15, -0.1) is 0 Å². The van der Waals surface area contributed by atoms with Crippen LogP contribution in [-0.4, -0.2) is 38.5 Å². The number of benzene rings is 1. The van der Waals surface area contributed by atoms with Gasteiger partial charge in [-0.3, -0.25) is 4.90 Å². The Kier molecular flexibility index (Phi) is 3.85. The fourth-order valence-electron chi connectivity index (χ4n) is 3.26. The summed E-state index contributed by atoms with van der Waals surface area (Å²) in [6.07, 6.45) is 2.77. The van der Waals surface area contributed by atoms with Gasteiger partial charge < -0.3 is 5.73 Å². The minimum absolute atomic E-state index is 0.100. The first-order valence-electron chi connectivity index (χ1n) is 6.89. The SMILES string of the molecule is Nc1cc(Cl)cc(S(=O)(=O)NC2CCN3CCCC23)c1F. The lowest BCUT2D eigenvalue weighted by atomic mass is 10.1. The zero-order valence-corrected chi connectivity index (χ0v) is 12.9. The number of nitrogens with zero attached hydrogens (tertiary/aromatic N) is 1. The van der Waals surface area contributed by atoms with Crippen molar-refractivity contribution >= 4 is 27.3 Å². The molecule has 0 saturated carbocycles. The van der Waals surface area contributed by atoms with E-state index in [0.717, 1.165) is 38.4 Å². The van der Waals surface area contributed by atoms with Crippen LogP contribution in [0, 0.1) is 5.82 Å². The number of anilines is 1. The van der Waals surface area contributed by atoms with Crippen LogP contribution in [0.3, 0.4) is 0 Å². The van der Waals surface area contributed by atoms with Crippen LogP contribution in [0.4, 0.5) is 10.1 Å². The molecule has 0 aliphatic carbocycles. The quantitative estimate of drug-likeness (QED) is 0.823. The molecule has 116 valence electrons. The molecule has 1 aromatic rings. The van der Waals surface area contributed by atoms with E-state index < -0.39 is 20.7 Å². The Hall–Kier alpha value is -0.890. The molecule has 2 atom stereocenters. The first-order valence-corrected chi connectivity index (χ1v) is 8.75. The molecule has 0 spiro atoms. The van der Waals surface area contributed by atoms with E-state index >= 15 is 0 Å². The smallest absolute Gasteiger partial charge is 0.243 e. The Morgan fingerprint density at radius 2 is 2.10 bits per heavy atom. The summed E-state index contributed by atoms with van der Waals surface area (Å²) in [7, 11) is -3.97. The van der Waals surface area contributed by atoms with Gasteiger partial charge in [-0.05, 0) is 37.9 Å². The number of rotatable bonds is 3. The largest absolute Gasteiger partial charge is 0.396 e. The van der Waals surface area contributed by atoms with Crippen LogP contribution in [0.5, 0.6) is 0 Å². The number of hydrogen-bond donors (Lipinski definition) is 2. The van der Waals surface area contributed by atoms with E-state index in [9.17, 15) is 12.8 Å². The Balaban J connectivity index is 1.88. The molecule has 0 radical (unpaired) electrons. The summed E-state index contributed by atoms with van der Waals surface area (Å²) in [5, 5.41) is 0.100. The van der Waals surface area contributed by atoms with E-state index in [1.54, 1.807) is 0 Å². The van der Waals surface area contributed by atoms with Crippen molar-refractivity contribution in [2.24, 2.45) is 0 Å². The molecule has 3 N–H and O–H groups in total. The maximum absolute atomic E-state index is 14.0. The zero-order chi connectivity index (χ0) is 15.2. The highest BCUT2D eigenvalue weighted by molar-refractivity contribution is 7.89. The van der Waals surface area contributed by atoms with E-state index in [4.69, 9.17) is 17.3 Å². The molecule has 0 bridgehead atoms. The maximum atomic E-state index is 14.0. The van der Waals surface area contributed by atoms with Gasteiger partial charge in [0.2, 0.25) is 10.0 Å². The summed E-state index contributed by atoms with van der Waals surface area (Å²) in [6, 6.07) is 2.32. The van der Waals surface area contributed by atoms with E-state index in [1.165, 1.54) is 6.07 Å². The van der Waals surface area contributed by atoms with E-state index in [1.807, 2.05) is 0 Å². The van der Waals surface area contributed by atoms with Crippen molar-refractivity contribution in [3.63, 3.8) is 0 Å². The lowest BCUT2D eigenvalue weighted by molar-refractivity contribution is 0.308. The van der Waals surface area contributed by atoms with Crippen molar-refractivity contribution < 1.29 is 12.8 Å². The van der Waals surface area contributed by atoms with E-state index in [-0.39, 0.29) is 22.8 Å². The van der Waals surface area contributed by atoms with Gasteiger partial charge in [-0.25, -0.2) is 17.5 Å². The normalized spacial score (nSPS) is 26.2. The average molecular weight is 334 g/mol. The van der Waals surface area contributed by atoms with Crippen molar-refractivity contribution in [2.45, 2.75) is 36.2 Å². The summed E-state index contributed by atoms with van der Waals surface area (Å²) in [5.74, 6) is -0.951. The second kappa shape index (κ2) is 5.39. The maximum Gasteiger partial charge on any atom is 0.243 e. The standard InChI is InChI=1S/C13H17ClFN3O2S/c14-8-6-9(16)13(15)12(7-8)21(19,20)17-10-3-5-18-4-1-2-11(10)18/h6-7,10-11,17H,1-5,16H2. The molecule has 2 heterocycles. The van der Waals surface area contributed by atoms with Crippen LogP contribution in [-0.2, 0) is 10.0 Å². The van der Waals surface area contributed by atoms with Gasteiger partial charge in [0.15, 0.2) is 5.82 Å². The Morgan fingerprint density at radius 3 is 2.86 bits per heavy atom. The molecule has 2 aliphatic rings. The van der Waals surface area contributed by atoms with Gasteiger partial charge in [0.1, 0.15) is 4.90 Å². The van der Waals surface area contributed by atoms with Crippen molar-refractivity contribution in [3.05, 3.63) is 23.0 Å². The number of nitrogens with two attached hydrogens (primary N) is 1. The summed E-state index contributed by atoms with van der Waals surface area (Å²) in [5.41, 5.74) is 5.19. The van der Waals surface area contributed by atoms with Gasteiger partial charge in [-0.2, -0.15) is 0 Å². The summed E-state index contributed by atoms with van der Waals surface area (Å²) in [4.78, 5) is 1.79.